The zero-order valence-electron chi connectivity index (χ0n) is 24.9. The van der Waals surface area contributed by atoms with Crippen molar-refractivity contribution >= 4 is 23.4 Å². The first-order chi connectivity index (χ1) is 20.4. The van der Waals surface area contributed by atoms with E-state index >= 15 is 0 Å². The fourth-order valence-corrected chi connectivity index (χ4v) is 6.27. The van der Waals surface area contributed by atoms with Crippen LogP contribution in [0.1, 0.15) is 45.5 Å². The Morgan fingerprint density at radius 2 is 1.55 bits per heavy atom. The summed E-state index contributed by atoms with van der Waals surface area (Å²) < 4.78 is 5.53. The second-order valence-corrected chi connectivity index (χ2v) is 11.4. The summed E-state index contributed by atoms with van der Waals surface area (Å²) in [6, 6.07) is 21.9. The van der Waals surface area contributed by atoms with Crippen molar-refractivity contribution in [2.75, 3.05) is 49.5 Å². The van der Waals surface area contributed by atoms with E-state index in [1.54, 1.807) is 4.90 Å². The molecular weight excluding hydrogens is 528 g/mol. The average molecular weight is 571 g/mol. The van der Waals surface area contributed by atoms with E-state index in [4.69, 9.17) is 4.74 Å². The number of rotatable bonds is 7. The predicted octanol–water partition coefficient (Wildman–Crippen LogP) is 5.15. The van der Waals surface area contributed by atoms with Gasteiger partial charge in [0.25, 0.3) is 5.91 Å². The fraction of sp³-hybridized carbons (Fsp3) is 0.412. The molecule has 3 aromatic rings. The molecule has 3 aromatic carbocycles. The number of benzene rings is 3. The van der Waals surface area contributed by atoms with Gasteiger partial charge in [-0.05, 0) is 68.0 Å². The first-order valence-electron chi connectivity index (χ1n) is 14.9. The SMILES string of the molecule is Cc1cc(C)c(C(=O)N2CCN(c3ccccc3)[C@H](CO)C2)c(C)c1NC1CCN(C(=O)OCc2ccccc2)CC1. The Labute approximate surface area is 248 Å². The Hall–Kier alpha value is -4.04. The molecule has 42 heavy (non-hydrogen) atoms. The second kappa shape index (κ2) is 13.3. The summed E-state index contributed by atoms with van der Waals surface area (Å²) in [5.74, 6) is 0.00944. The molecule has 0 spiro atoms. The van der Waals surface area contributed by atoms with E-state index in [1.165, 1.54) is 0 Å². The first-order valence-corrected chi connectivity index (χ1v) is 14.9. The van der Waals surface area contributed by atoms with Crippen LogP contribution in [-0.4, -0.2) is 78.3 Å². The molecule has 2 aliphatic heterocycles. The van der Waals surface area contributed by atoms with Crippen molar-refractivity contribution in [1.82, 2.24) is 9.80 Å². The van der Waals surface area contributed by atoms with E-state index in [2.05, 4.69) is 23.2 Å². The molecule has 2 N–H and O–H groups in total. The van der Waals surface area contributed by atoms with E-state index in [0.29, 0.717) is 32.7 Å². The number of aryl methyl sites for hydroxylation is 2. The smallest absolute Gasteiger partial charge is 0.410 e. The Bertz CT molecular complexity index is 1370. The number of piperazine rings is 1. The molecule has 0 bridgehead atoms. The first kappa shape index (κ1) is 29.5. The summed E-state index contributed by atoms with van der Waals surface area (Å²) in [5, 5.41) is 13.9. The molecule has 8 heteroatoms. The van der Waals surface area contributed by atoms with Crippen LogP contribution < -0.4 is 10.2 Å². The van der Waals surface area contributed by atoms with Gasteiger partial charge in [-0.2, -0.15) is 0 Å². The molecule has 0 radical (unpaired) electrons. The number of ether oxygens (including phenoxy) is 1. The van der Waals surface area contributed by atoms with Gasteiger partial charge >= 0.3 is 6.09 Å². The number of amides is 2. The summed E-state index contributed by atoms with van der Waals surface area (Å²) >= 11 is 0. The molecule has 0 unspecified atom stereocenters. The van der Waals surface area contributed by atoms with Gasteiger partial charge < -0.3 is 29.9 Å². The topological polar surface area (TPSA) is 85.4 Å². The van der Waals surface area contributed by atoms with Gasteiger partial charge in [-0.15, -0.1) is 0 Å². The molecule has 0 aliphatic carbocycles. The summed E-state index contributed by atoms with van der Waals surface area (Å²) in [7, 11) is 0. The summed E-state index contributed by atoms with van der Waals surface area (Å²) in [6.07, 6.45) is 1.33. The maximum Gasteiger partial charge on any atom is 0.410 e. The highest BCUT2D eigenvalue weighted by Gasteiger charge is 2.32. The van der Waals surface area contributed by atoms with Gasteiger partial charge in [0.05, 0.1) is 12.6 Å². The molecule has 2 fully saturated rings. The summed E-state index contributed by atoms with van der Waals surface area (Å²) in [5.41, 5.74) is 6.78. The van der Waals surface area contributed by atoms with Crippen LogP contribution in [-0.2, 0) is 11.3 Å². The van der Waals surface area contributed by atoms with Gasteiger partial charge in [-0.1, -0.05) is 54.6 Å². The number of piperidine rings is 1. The minimum atomic E-state index is -0.276. The molecule has 0 aromatic heterocycles. The monoisotopic (exact) mass is 570 g/mol. The molecule has 8 nitrogen and oxygen atoms in total. The van der Waals surface area contributed by atoms with Gasteiger partial charge in [0, 0.05) is 55.7 Å². The summed E-state index contributed by atoms with van der Waals surface area (Å²) in [4.78, 5) is 32.4. The minimum Gasteiger partial charge on any atom is -0.445 e. The molecule has 0 saturated carbocycles. The van der Waals surface area contributed by atoms with Gasteiger partial charge in [0.1, 0.15) is 6.61 Å². The van der Waals surface area contributed by atoms with Crippen LogP contribution in [0.3, 0.4) is 0 Å². The molecule has 2 amide bonds. The van der Waals surface area contributed by atoms with Crippen LogP contribution in [0, 0.1) is 20.8 Å². The van der Waals surface area contributed by atoms with Crippen LogP contribution in [0.4, 0.5) is 16.2 Å². The Morgan fingerprint density at radius 3 is 2.21 bits per heavy atom. The standard InChI is InChI=1S/C34H42N4O4/c1-24-20-25(2)32(35-28-14-16-36(17-15-28)34(41)42-23-27-10-6-4-7-11-27)26(3)31(24)33(40)37-18-19-38(30(21-37)22-39)29-12-8-5-9-13-29/h4-13,20,28,30,35,39H,14-19,21-23H2,1-3H3/t30-/m0/s1. The third-order valence-corrected chi connectivity index (χ3v) is 8.56. The van der Waals surface area contributed by atoms with Crippen molar-refractivity contribution in [3.05, 3.63) is 94.5 Å². The normalized spacial score (nSPS) is 17.7. The number of nitrogens with zero attached hydrogens (tertiary/aromatic N) is 3. The van der Waals surface area contributed by atoms with E-state index in [1.807, 2.05) is 79.4 Å². The van der Waals surface area contributed by atoms with Crippen LogP contribution >= 0.6 is 0 Å². The molecule has 2 aliphatic rings. The molecule has 5 rings (SSSR count). The van der Waals surface area contributed by atoms with Gasteiger partial charge in [-0.25, -0.2) is 4.79 Å². The van der Waals surface area contributed by atoms with E-state index < -0.39 is 0 Å². The third kappa shape index (κ3) is 6.54. The lowest BCUT2D eigenvalue weighted by Crippen LogP contribution is -2.56. The fourth-order valence-electron chi connectivity index (χ4n) is 6.27. The third-order valence-electron chi connectivity index (χ3n) is 8.56. The molecule has 2 heterocycles. The van der Waals surface area contributed by atoms with E-state index in [9.17, 15) is 14.7 Å². The predicted molar refractivity (Wildman–Crippen MR) is 166 cm³/mol. The zero-order chi connectivity index (χ0) is 29.6. The van der Waals surface area contributed by atoms with Crippen molar-refractivity contribution in [3.63, 3.8) is 0 Å². The number of carbonyl (C=O) groups is 2. The maximum atomic E-state index is 13.9. The highest BCUT2D eigenvalue weighted by molar-refractivity contribution is 5.99. The number of nitrogens with one attached hydrogen (secondary N) is 1. The lowest BCUT2D eigenvalue weighted by Gasteiger charge is -2.42. The van der Waals surface area contributed by atoms with Crippen molar-refractivity contribution in [2.24, 2.45) is 0 Å². The van der Waals surface area contributed by atoms with Gasteiger partial charge in [0.2, 0.25) is 0 Å². The highest BCUT2D eigenvalue weighted by atomic mass is 16.6. The van der Waals surface area contributed by atoms with Crippen LogP contribution in [0.25, 0.3) is 0 Å². The lowest BCUT2D eigenvalue weighted by molar-refractivity contribution is 0.0697. The Kier molecular flexibility index (Phi) is 9.32. The number of likely N-dealkylation sites (tertiary alicyclic amines) is 1. The molecule has 222 valence electrons. The van der Waals surface area contributed by atoms with Crippen LogP contribution in [0.2, 0.25) is 0 Å². The highest BCUT2D eigenvalue weighted by Crippen LogP contribution is 2.31. The lowest BCUT2D eigenvalue weighted by atomic mass is 9.94. The number of carbonyl (C=O) groups excluding carboxylic acids is 2. The van der Waals surface area contributed by atoms with E-state index in [0.717, 1.165) is 52.0 Å². The minimum absolute atomic E-state index is 0.00944. The van der Waals surface area contributed by atoms with Crippen molar-refractivity contribution in [2.45, 2.75) is 52.3 Å². The number of anilines is 2. The quantitative estimate of drug-likeness (QED) is 0.409. The average Bonchev–Trinajstić information content (AvgIpc) is 3.02. The largest absolute Gasteiger partial charge is 0.445 e. The molecule has 2 saturated heterocycles. The van der Waals surface area contributed by atoms with Crippen molar-refractivity contribution in [3.8, 4) is 0 Å². The number of aliphatic hydroxyl groups is 1. The van der Waals surface area contributed by atoms with E-state index in [-0.39, 0.29) is 37.3 Å². The van der Waals surface area contributed by atoms with Gasteiger partial charge in [0.15, 0.2) is 0 Å². The molecule has 1 atom stereocenters. The Balaban J connectivity index is 1.22. The van der Waals surface area contributed by atoms with Crippen molar-refractivity contribution in [1.29, 1.82) is 0 Å². The second-order valence-electron chi connectivity index (χ2n) is 11.4. The molecular formula is C34H42N4O4. The van der Waals surface area contributed by atoms with Crippen LogP contribution in [0.15, 0.2) is 66.7 Å². The number of aliphatic hydroxyl groups excluding tert-OH is 1. The Morgan fingerprint density at radius 1 is 0.881 bits per heavy atom. The zero-order valence-corrected chi connectivity index (χ0v) is 24.9. The number of hydrogen-bond acceptors (Lipinski definition) is 6. The maximum absolute atomic E-state index is 13.9. The van der Waals surface area contributed by atoms with Crippen molar-refractivity contribution < 1.29 is 19.4 Å². The number of para-hydroxylation sites is 1. The summed E-state index contributed by atoms with van der Waals surface area (Å²) in [6.45, 7) is 9.33. The van der Waals surface area contributed by atoms with Gasteiger partial charge in [-0.3, -0.25) is 4.79 Å². The van der Waals surface area contributed by atoms with Crippen LogP contribution in [0.5, 0.6) is 0 Å². The number of hydrogen-bond donors (Lipinski definition) is 2.